The maximum Gasteiger partial charge on any atom is 0.107 e. The lowest BCUT2D eigenvalue weighted by molar-refractivity contribution is 1.25. The van der Waals surface area contributed by atoms with Crippen molar-refractivity contribution in [2.45, 2.75) is 0 Å². The molecule has 0 bridgehead atoms. The van der Waals surface area contributed by atoms with Gasteiger partial charge in [-0.05, 0) is 18.2 Å². The van der Waals surface area contributed by atoms with Crippen LogP contribution in [0.25, 0.3) is 11.0 Å². The first-order chi connectivity index (χ1) is 5.25. The lowest BCUT2D eigenvalue weighted by Gasteiger charge is -1.87. The largest absolute Gasteiger partial charge is 0.342 e. The van der Waals surface area contributed by atoms with Crippen molar-refractivity contribution < 1.29 is 0 Å². The molecule has 0 spiro atoms. The summed E-state index contributed by atoms with van der Waals surface area (Å²) in [5.74, 6) is 0.707. The van der Waals surface area contributed by atoms with Gasteiger partial charge in [0, 0.05) is 11.4 Å². The third-order valence-electron chi connectivity index (χ3n) is 1.49. The third kappa shape index (κ3) is 1.16. The van der Waals surface area contributed by atoms with E-state index in [2.05, 4.69) is 32.8 Å². The molecule has 0 amide bonds. The average molecular weight is 210 g/mol. The van der Waals surface area contributed by atoms with Crippen LogP contribution in [0.4, 0.5) is 0 Å². The van der Waals surface area contributed by atoms with E-state index in [1.54, 1.807) is 0 Å². The van der Waals surface area contributed by atoms with Crippen molar-refractivity contribution in [2.75, 3.05) is 0 Å². The second-order valence-corrected chi connectivity index (χ2v) is 3.26. The Labute approximate surface area is 72.8 Å². The number of aromatic nitrogens is 2. The molecule has 1 heterocycles. The van der Waals surface area contributed by atoms with Gasteiger partial charge in [0.1, 0.15) is 5.82 Å². The van der Waals surface area contributed by atoms with Gasteiger partial charge in [0.2, 0.25) is 0 Å². The quantitative estimate of drug-likeness (QED) is 0.710. The summed E-state index contributed by atoms with van der Waals surface area (Å²) in [5.41, 5.74) is 1.97. The number of benzene rings is 1. The van der Waals surface area contributed by atoms with Crippen molar-refractivity contribution >= 4 is 27.0 Å². The van der Waals surface area contributed by atoms with Crippen molar-refractivity contribution in [1.82, 2.24) is 9.97 Å². The van der Waals surface area contributed by atoms with Crippen molar-refractivity contribution in [3.8, 4) is 0 Å². The lowest BCUT2D eigenvalue weighted by Crippen LogP contribution is -1.68. The molecular weight excluding hydrogens is 204 g/mol. The number of aromatic amines is 1. The highest BCUT2D eigenvalue weighted by Crippen LogP contribution is 2.16. The van der Waals surface area contributed by atoms with E-state index in [-0.39, 0.29) is 0 Å². The van der Waals surface area contributed by atoms with E-state index in [9.17, 15) is 0 Å². The summed E-state index contributed by atoms with van der Waals surface area (Å²) >= 11 is 3.37. The summed E-state index contributed by atoms with van der Waals surface area (Å²) in [4.78, 5) is 7.22. The summed E-state index contributed by atoms with van der Waals surface area (Å²) in [7, 11) is 0. The number of nitrogens with zero attached hydrogens (tertiary/aromatic N) is 1. The highest BCUT2D eigenvalue weighted by molar-refractivity contribution is 9.10. The van der Waals surface area contributed by atoms with Crippen LogP contribution in [0.1, 0.15) is 5.82 Å². The molecule has 3 heteroatoms. The van der Waals surface area contributed by atoms with Gasteiger partial charge in [-0.2, -0.15) is 0 Å². The van der Waals surface area contributed by atoms with Crippen LogP contribution in [0.15, 0.2) is 22.7 Å². The molecule has 11 heavy (non-hydrogen) atoms. The van der Waals surface area contributed by atoms with E-state index < -0.39 is 0 Å². The van der Waals surface area contributed by atoms with Gasteiger partial charge in [-0.15, -0.1) is 0 Å². The van der Waals surface area contributed by atoms with Gasteiger partial charge < -0.3 is 4.98 Å². The zero-order valence-corrected chi connectivity index (χ0v) is 7.35. The molecule has 0 saturated heterocycles. The molecule has 0 atom stereocenters. The zero-order chi connectivity index (χ0) is 7.84. The Morgan fingerprint density at radius 1 is 1.45 bits per heavy atom. The number of rotatable bonds is 0. The van der Waals surface area contributed by atoms with Crippen LogP contribution in [0.2, 0.25) is 0 Å². The standard InChI is InChI=1S/C8H6BrN2/c1-5-10-7-3-2-6(9)4-8(7)11-5/h2-4H,1H2,(H,10,11). The normalized spacial score (nSPS) is 10.7. The van der Waals surface area contributed by atoms with Crippen molar-refractivity contribution in [2.24, 2.45) is 0 Å². The molecule has 1 aromatic carbocycles. The molecule has 0 fully saturated rings. The number of hydrogen-bond acceptors (Lipinski definition) is 1. The Hall–Kier alpha value is -0.830. The predicted molar refractivity (Wildman–Crippen MR) is 48.3 cm³/mol. The van der Waals surface area contributed by atoms with Crippen molar-refractivity contribution in [1.29, 1.82) is 0 Å². The Morgan fingerprint density at radius 2 is 2.27 bits per heavy atom. The Kier molecular flexibility index (Phi) is 1.46. The second-order valence-electron chi connectivity index (χ2n) is 2.34. The summed E-state index contributed by atoms with van der Waals surface area (Å²) in [6.07, 6.45) is 0. The molecule has 2 nitrogen and oxygen atoms in total. The molecule has 0 aliphatic carbocycles. The van der Waals surface area contributed by atoms with Gasteiger partial charge in [-0.3, -0.25) is 0 Å². The van der Waals surface area contributed by atoms with Gasteiger partial charge in [-0.1, -0.05) is 15.9 Å². The Morgan fingerprint density at radius 3 is 3.09 bits per heavy atom. The fourth-order valence-electron chi connectivity index (χ4n) is 1.03. The van der Waals surface area contributed by atoms with Gasteiger partial charge in [0.05, 0.1) is 11.0 Å². The number of imidazole rings is 1. The molecular formula is C8H6BrN2. The number of H-pyrrole nitrogens is 1. The average Bonchev–Trinajstić information content (AvgIpc) is 2.27. The van der Waals surface area contributed by atoms with Crippen LogP contribution in [-0.2, 0) is 0 Å². The minimum absolute atomic E-state index is 0.707. The van der Waals surface area contributed by atoms with E-state index in [4.69, 9.17) is 0 Å². The first-order valence-electron chi connectivity index (χ1n) is 3.23. The van der Waals surface area contributed by atoms with Gasteiger partial charge in [0.25, 0.3) is 0 Å². The highest BCUT2D eigenvalue weighted by Gasteiger charge is 1.97. The molecule has 1 N–H and O–H groups in total. The molecule has 1 radical (unpaired) electrons. The van der Waals surface area contributed by atoms with Gasteiger partial charge in [0.15, 0.2) is 0 Å². The van der Waals surface area contributed by atoms with Crippen LogP contribution in [-0.4, -0.2) is 9.97 Å². The predicted octanol–water partition coefficient (Wildman–Crippen LogP) is 2.51. The van der Waals surface area contributed by atoms with E-state index in [1.165, 1.54) is 0 Å². The van der Waals surface area contributed by atoms with Crippen LogP contribution >= 0.6 is 15.9 Å². The van der Waals surface area contributed by atoms with Gasteiger partial charge >= 0.3 is 0 Å². The monoisotopic (exact) mass is 209 g/mol. The summed E-state index contributed by atoms with van der Waals surface area (Å²) in [6, 6.07) is 5.90. The number of nitrogens with one attached hydrogen (secondary N) is 1. The topological polar surface area (TPSA) is 28.7 Å². The molecule has 0 aliphatic heterocycles. The second kappa shape index (κ2) is 2.34. The molecule has 0 unspecified atom stereocenters. The van der Waals surface area contributed by atoms with Crippen molar-refractivity contribution in [3.63, 3.8) is 0 Å². The summed E-state index contributed by atoms with van der Waals surface area (Å²) in [5, 5.41) is 0. The fourth-order valence-corrected chi connectivity index (χ4v) is 1.38. The van der Waals surface area contributed by atoms with E-state index in [1.807, 2.05) is 18.2 Å². The summed E-state index contributed by atoms with van der Waals surface area (Å²) < 4.78 is 1.04. The Bertz CT molecular complexity index is 392. The first-order valence-corrected chi connectivity index (χ1v) is 4.02. The molecule has 55 valence electrons. The van der Waals surface area contributed by atoms with Crippen LogP contribution in [0, 0.1) is 6.92 Å². The minimum Gasteiger partial charge on any atom is -0.342 e. The first kappa shape index (κ1) is 6.85. The fraction of sp³-hybridized carbons (Fsp3) is 0. The van der Waals surface area contributed by atoms with Crippen molar-refractivity contribution in [3.05, 3.63) is 35.4 Å². The molecule has 0 aliphatic rings. The summed E-state index contributed by atoms with van der Waals surface area (Å²) in [6.45, 7) is 3.71. The SMILES string of the molecule is [CH2]c1nc2cc(Br)ccc2[nH]1. The smallest absolute Gasteiger partial charge is 0.107 e. The molecule has 2 rings (SSSR count). The highest BCUT2D eigenvalue weighted by atomic mass is 79.9. The maximum atomic E-state index is 4.18. The molecule has 2 aromatic rings. The number of hydrogen-bond donors (Lipinski definition) is 1. The van der Waals surface area contributed by atoms with E-state index in [0.717, 1.165) is 15.5 Å². The molecule has 1 aromatic heterocycles. The lowest BCUT2D eigenvalue weighted by atomic mass is 10.3. The minimum atomic E-state index is 0.707. The Balaban J connectivity index is 2.82. The maximum absolute atomic E-state index is 4.18. The van der Waals surface area contributed by atoms with E-state index >= 15 is 0 Å². The van der Waals surface area contributed by atoms with Crippen LogP contribution in [0.3, 0.4) is 0 Å². The van der Waals surface area contributed by atoms with Crippen LogP contribution < -0.4 is 0 Å². The van der Waals surface area contributed by atoms with Gasteiger partial charge in [-0.25, -0.2) is 4.98 Å². The molecule has 0 saturated carbocycles. The number of halogens is 1. The zero-order valence-electron chi connectivity index (χ0n) is 5.76. The number of fused-ring (bicyclic) bond motifs is 1. The van der Waals surface area contributed by atoms with Crippen LogP contribution in [0.5, 0.6) is 0 Å². The van der Waals surface area contributed by atoms with E-state index in [0.29, 0.717) is 5.82 Å². The third-order valence-corrected chi connectivity index (χ3v) is 1.99.